The van der Waals surface area contributed by atoms with Crippen molar-refractivity contribution in [2.75, 3.05) is 18.4 Å². The van der Waals surface area contributed by atoms with Crippen molar-refractivity contribution in [3.8, 4) is 11.4 Å². The normalized spacial score (nSPS) is 17.8. The lowest BCUT2D eigenvalue weighted by Crippen LogP contribution is -2.46. The molecular weight excluding hydrogens is 298 g/mol. The van der Waals surface area contributed by atoms with Gasteiger partial charge in [0.25, 0.3) is 0 Å². The van der Waals surface area contributed by atoms with Crippen molar-refractivity contribution in [2.24, 2.45) is 0 Å². The number of hydrogen-bond acceptors (Lipinski definition) is 5. The van der Waals surface area contributed by atoms with Gasteiger partial charge in [0.15, 0.2) is 0 Å². The number of hydrogen-bond donors (Lipinski definition) is 3. The molecule has 1 aliphatic heterocycles. The van der Waals surface area contributed by atoms with Gasteiger partial charge in [-0.2, -0.15) is 5.10 Å². The number of carbonyl (C=O) groups is 2. The minimum Gasteiger partial charge on any atom is -0.391 e. The van der Waals surface area contributed by atoms with Gasteiger partial charge in [-0.25, -0.2) is 0 Å². The lowest BCUT2D eigenvalue weighted by Gasteiger charge is -2.29. The Morgan fingerprint density at radius 3 is 3.00 bits per heavy atom. The molecule has 1 fully saturated rings. The number of aliphatic hydroxyl groups excluding tert-OH is 1. The van der Waals surface area contributed by atoms with E-state index in [1.807, 2.05) is 6.07 Å². The molecular formula is C15H17N5O3. The number of likely N-dealkylation sites (tertiary alicyclic amines) is 1. The Kier molecular flexibility index (Phi) is 4.33. The Hall–Kier alpha value is -2.74. The zero-order valence-electron chi connectivity index (χ0n) is 12.4. The number of β-amino-alcohol motifs (C(OH)–C–C–N with tert-alkyl or cyclic N) is 1. The molecule has 2 amide bonds. The molecule has 1 atom stereocenters. The van der Waals surface area contributed by atoms with Crippen molar-refractivity contribution in [3.63, 3.8) is 0 Å². The van der Waals surface area contributed by atoms with Gasteiger partial charge >= 0.3 is 11.8 Å². The standard InChI is InChI=1S/C15H17N5O3/c21-10-4-3-7-20(9-10)15(23)14(22)18-12-8-17-19-13(12)11-5-1-2-6-16-11/h1-2,5-6,8,10,21H,3-4,7,9H2,(H,17,19)(H,18,22)/t10-/m1/s1. The molecule has 3 rings (SSSR count). The molecule has 0 radical (unpaired) electrons. The molecule has 3 heterocycles. The van der Waals surface area contributed by atoms with Gasteiger partial charge in [-0.3, -0.25) is 19.7 Å². The fourth-order valence-electron chi connectivity index (χ4n) is 2.55. The van der Waals surface area contributed by atoms with Crippen molar-refractivity contribution in [1.29, 1.82) is 0 Å². The van der Waals surface area contributed by atoms with Crippen LogP contribution in [0.5, 0.6) is 0 Å². The maximum Gasteiger partial charge on any atom is 0.314 e. The molecule has 0 aromatic carbocycles. The summed E-state index contributed by atoms with van der Waals surface area (Å²) < 4.78 is 0. The molecule has 3 N–H and O–H groups in total. The Bertz CT molecular complexity index is 700. The number of rotatable bonds is 2. The average molecular weight is 315 g/mol. The van der Waals surface area contributed by atoms with Crippen LogP contribution in [-0.4, -0.2) is 56.2 Å². The van der Waals surface area contributed by atoms with E-state index >= 15 is 0 Å². The predicted molar refractivity (Wildman–Crippen MR) is 82.3 cm³/mol. The second kappa shape index (κ2) is 6.57. The smallest absolute Gasteiger partial charge is 0.314 e. The van der Waals surface area contributed by atoms with Crippen LogP contribution >= 0.6 is 0 Å². The summed E-state index contributed by atoms with van der Waals surface area (Å²) in [4.78, 5) is 29.9. The van der Waals surface area contributed by atoms with Crippen LogP contribution in [0.15, 0.2) is 30.6 Å². The maximum absolute atomic E-state index is 12.2. The van der Waals surface area contributed by atoms with E-state index in [1.54, 1.807) is 18.3 Å². The minimum absolute atomic E-state index is 0.185. The lowest BCUT2D eigenvalue weighted by atomic mass is 10.1. The number of H-pyrrole nitrogens is 1. The number of amides is 2. The third kappa shape index (κ3) is 3.37. The van der Waals surface area contributed by atoms with E-state index in [4.69, 9.17) is 0 Å². The van der Waals surface area contributed by atoms with E-state index < -0.39 is 17.9 Å². The summed E-state index contributed by atoms with van der Waals surface area (Å²) in [6, 6.07) is 5.37. The molecule has 0 spiro atoms. The van der Waals surface area contributed by atoms with Crippen LogP contribution in [0, 0.1) is 0 Å². The minimum atomic E-state index is -0.752. The summed E-state index contributed by atoms with van der Waals surface area (Å²) >= 11 is 0. The Morgan fingerprint density at radius 1 is 1.39 bits per heavy atom. The highest BCUT2D eigenvalue weighted by molar-refractivity contribution is 6.39. The Labute approximate surface area is 132 Å². The van der Waals surface area contributed by atoms with Gasteiger partial charge in [-0.05, 0) is 25.0 Å². The predicted octanol–water partition coefficient (Wildman–Crippen LogP) is 0.393. The molecule has 23 heavy (non-hydrogen) atoms. The molecule has 2 aromatic rings. The van der Waals surface area contributed by atoms with Gasteiger partial charge in [0.2, 0.25) is 0 Å². The summed E-state index contributed by atoms with van der Waals surface area (Å²) in [6.07, 6.45) is 3.82. The maximum atomic E-state index is 12.2. The first kappa shape index (κ1) is 15.2. The molecule has 0 saturated carbocycles. The number of aliphatic hydroxyl groups is 1. The van der Waals surface area contributed by atoms with E-state index in [-0.39, 0.29) is 6.54 Å². The highest BCUT2D eigenvalue weighted by Crippen LogP contribution is 2.23. The van der Waals surface area contributed by atoms with E-state index in [2.05, 4.69) is 20.5 Å². The summed E-state index contributed by atoms with van der Waals surface area (Å²) in [5.74, 6) is -1.41. The number of aromatic nitrogens is 3. The van der Waals surface area contributed by atoms with E-state index in [1.165, 1.54) is 11.1 Å². The molecule has 8 heteroatoms. The monoisotopic (exact) mass is 315 g/mol. The van der Waals surface area contributed by atoms with Gasteiger partial charge < -0.3 is 15.3 Å². The third-order valence-electron chi connectivity index (χ3n) is 3.69. The zero-order valence-corrected chi connectivity index (χ0v) is 12.4. The second-order valence-corrected chi connectivity index (χ2v) is 5.37. The number of carbonyl (C=O) groups excluding carboxylic acids is 2. The molecule has 0 aliphatic carbocycles. The van der Waals surface area contributed by atoms with E-state index in [9.17, 15) is 14.7 Å². The van der Waals surface area contributed by atoms with Crippen molar-refractivity contribution in [1.82, 2.24) is 20.1 Å². The largest absolute Gasteiger partial charge is 0.391 e. The fourth-order valence-corrected chi connectivity index (χ4v) is 2.55. The number of nitrogens with zero attached hydrogens (tertiary/aromatic N) is 3. The summed E-state index contributed by atoms with van der Waals surface area (Å²) in [5.41, 5.74) is 1.53. The number of anilines is 1. The van der Waals surface area contributed by atoms with Crippen LogP contribution in [0.2, 0.25) is 0 Å². The Morgan fingerprint density at radius 2 is 2.26 bits per heavy atom. The number of pyridine rings is 1. The van der Waals surface area contributed by atoms with Crippen molar-refractivity contribution in [2.45, 2.75) is 18.9 Å². The van der Waals surface area contributed by atoms with Gasteiger partial charge in [0.05, 0.1) is 23.7 Å². The van der Waals surface area contributed by atoms with Gasteiger partial charge in [0.1, 0.15) is 5.69 Å². The van der Waals surface area contributed by atoms with Crippen LogP contribution < -0.4 is 5.32 Å². The topological polar surface area (TPSA) is 111 Å². The first-order chi connectivity index (χ1) is 11.1. The van der Waals surface area contributed by atoms with Crippen molar-refractivity contribution < 1.29 is 14.7 Å². The van der Waals surface area contributed by atoms with Crippen LogP contribution in [0.1, 0.15) is 12.8 Å². The first-order valence-corrected chi connectivity index (χ1v) is 7.38. The van der Waals surface area contributed by atoms with Crippen LogP contribution in [0.3, 0.4) is 0 Å². The van der Waals surface area contributed by atoms with Crippen LogP contribution in [-0.2, 0) is 9.59 Å². The van der Waals surface area contributed by atoms with E-state index in [0.717, 1.165) is 0 Å². The molecule has 0 bridgehead atoms. The lowest BCUT2D eigenvalue weighted by molar-refractivity contribution is -0.145. The zero-order chi connectivity index (χ0) is 16.2. The van der Waals surface area contributed by atoms with Crippen LogP contribution in [0.4, 0.5) is 5.69 Å². The Balaban J connectivity index is 1.71. The number of aromatic amines is 1. The molecule has 1 saturated heterocycles. The van der Waals surface area contributed by atoms with Gasteiger partial charge in [0, 0.05) is 19.3 Å². The van der Waals surface area contributed by atoms with Gasteiger partial charge in [-0.1, -0.05) is 6.07 Å². The molecule has 8 nitrogen and oxygen atoms in total. The summed E-state index contributed by atoms with van der Waals surface area (Å²) in [7, 11) is 0. The van der Waals surface area contributed by atoms with E-state index in [0.29, 0.717) is 36.5 Å². The average Bonchev–Trinajstić information content (AvgIpc) is 3.03. The van der Waals surface area contributed by atoms with Gasteiger partial charge in [-0.15, -0.1) is 0 Å². The molecule has 1 aliphatic rings. The number of nitrogens with one attached hydrogen (secondary N) is 2. The summed E-state index contributed by atoms with van der Waals surface area (Å²) in [6.45, 7) is 0.659. The summed E-state index contributed by atoms with van der Waals surface area (Å²) in [5, 5.41) is 18.8. The fraction of sp³-hybridized carbons (Fsp3) is 0.333. The molecule has 2 aromatic heterocycles. The second-order valence-electron chi connectivity index (χ2n) is 5.37. The van der Waals surface area contributed by atoms with Crippen LogP contribution in [0.25, 0.3) is 11.4 Å². The highest BCUT2D eigenvalue weighted by atomic mass is 16.3. The molecule has 120 valence electrons. The first-order valence-electron chi connectivity index (χ1n) is 7.38. The number of piperidine rings is 1. The quantitative estimate of drug-likeness (QED) is 0.694. The van der Waals surface area contributed by atoms with Crippen molar-refractivity contribution in [3.05, 3.63) is 30.6 Å². The SMILES string of the molecule is O=C(Nc1cn[nH]c1-c1ccccn1)C(=O)N1CCC[C@@H](O)C1. The van der Waals surface area contributed by atoms with Crippen molar-refractivity contribution >= 4 is 17.5 Å². The third-order valence-corrected chi connectivity index (χ3v) is 3.69. The highest BCUT2D eigenvalue weighted by Gasteiger charge is 2.27. The molecule has 0 unspecified atom stereocenters.